The van der Waals surface area contributed by atoms with Gasteiger partial charge in [0.1, 0.15) is 15.7 Å². The minimum absolute atomic E-state index is 0.0237. The maximum Gasteiger partial charge on any atom is 0.273 e. The first kappa shape index (κ1) is 26.6. The first-order valence-electron chi connectivity index (χ1n) is 11.4. The molecule has 1 aliphatic rings. The Labute approximate surface area is 218 Å². The molecule has 0 spiro atoms. The Bertz CT molecular complexity index is 1630. The monoisotopic (exact) mass is 543 g/mol. The third-order valence-electron chi connectivity index (χ3n) is 6.13. The fourth-order valence-corrected chi connectivity index (χ4v) is 5.28. The Hall–Kier alpha value is -3.43. The van der Waals surface area contributed by atoms with Crippen LogP contribution in [0.2, 0.25) is 5.02 Å². The van der Waals surface area contributed by atoms with Crippen molar-refractivity contribution in [3.05, 3.63) is 110 Å². The molecule has 1 aliphatic carbocycles. The van der Waals surface area contributed by atoms with Gasteiger partial charge >= 0.3 is 0 Å². The zero-order valence-corrected chi connectivity index (χ0v) is 21.9. The lowest BCUT2D eigenvalue weighted by Crippen LogP contribution is -2.20. The summed E-state index contributed by atoms with van der Waals surface area (Å²) in [6, 6.07) is 7.27. The van der Waals surface area contributed by atoms with Crippen molar-refractivity contribution < 1.29 is 17.2 Å². The zero-order valence-electron chi connectivity index (χ0n) is 20.3. The highest BCUT2D eigenvalue weighted by atomic mass is 35.5. The summed E-state index contributed by atoms with van der Waals surface area (Å²) in [6.45, 7) is 3.46. The molecule has 3 aromatic rings. The van der Waals surface area contributed by atoms with E-state index in [9.17, 15) is 17.6 Å². The molecule has 1 saturated carbocycles. The molecule has 0 aliphatic heterocycles. The van der Waals surface area contributed by atoms with Crippen molar-refractivity contribution in [1.82, 2.24) is 9.55 Å². The summed E-state index contributed by atoms with van der Waals surface area (Å²) in [7, 11) is -3.80. The molecule has 0 N–H and O–H groups in total. The topological polar surface area (TPSA) is 81.4 Å². The van der Waals surface area contributed by atoms with Crippen LogP contribution in [0.4, 0.5) is 8.78 Å². The van der Waals surface area contributed by atoms with Gasteiger partial charge < -0.3 is 0 Å². The standard InChI is InChI=1S/C27H24ClF2N3O3S/c1-4-9-32-23(19-6-5-7-24(26(19)30)37(3,35)36)8-10-33-16(2)11-22(25(28)27(33)34)21-13-20(21)17-12-18(29)15-31-14-17/h4-12,14-15,20-21H,13H2,1-3H3/b9-4+,10-8+,32-23-. The van der Waals surface area contributed by atoms with Crippen molar-refractivity contribution in [2.24, 2.45) is 4.99 Å². The van der Waals surface area contributed by atoms with Crippen LogP contribution in [0, 0.1) is 18.6 Å². The van der Waals surface area contributed by atoms with Crippen molar-refractivity contribution in [3.63, 3.8) is 0 Å². The number of hydrogen-bond donors (Lipinski definition) is 0. The quantitative estimate of drug-likeness (QED) is 0.361. The Morgan fingerprint density at radius 2 is 1.97 bits per heavy atom. The average Bonchev–Trinajstić information content (AvgIpc) is 3.64. The third-order valence-corrected chi connectivity index (χ3v) is 7.63. The smallest absolute Gasteiger partial charge is 0.273 e. The fraction of sp³-hybridized carbons (Fsp3) is 0.222. The number of sulfone groups is 1. The lowest BCUT2D eigenvalue weighted by molar-refractivity contribution is 0.569. The molecule has 2 aromatic heterocycles. The molecule has 4 rings (SSSR count). The predicted molar refractivity (Wildman–Crippen MR) is 141 cm³/mol. The van der Waals surface area contributed by atoms with E-state index in [1.165, 1.54) is 47.3 Å². The van der Waals surface area contributed by atoms with E-state index >= 15 is 4.39 Å². The number of aryl methyl sites for hydroxylation is 1. The van der Waals surface area contributed by atoms with Crippen LogP contribution < -0.4 is 5.56 Å². The van der Waals surface area contributed by atoms with Crippen molar-refractivity contribution >= 4 is 33.3 Å². The molecule has 2 heterocycles. The average molecular weight is 544 g/mol. The summed E-state index contributed by atoms with van der Waals surface area (Å²) >= 11 is 6.48. The van der Waals surface area contributed by atoms with E-state index in [2.05, 4.69) is 9.98 Å². The lowest BCUT2D eigenvalue weighted by atomic mass is 10.1. The van der Waals surface area contributed by atoms with Gasteiger partial charge in [-0.25, -0.2) is 17.2 Å². The second-order valence-corrected chi connectivity index (χ2v) is 11.2. The molecule has 1 aromatic carbocycles. The van der Waals surface area contributed by atoms with E-state index in [4.69, 9.17) is 11.6 Å². The molecule has 2 unspecified atom stereocenters. The third kappa shape index (κ3) is 5.62. The number of allylic oxidation sites excluding steroid dienone is 2. The van der Waals surface area contributed by atoms with Crippen molar-refractivity contribution in [3.8, 4) is 0 Å². The number of benzene rings is 1. The Morgan fingerprint density at radius 1 is 1.22 bits per heavy atom. The summed E-state index contributed by atoms with van der Waals surface area (Å²) in [5.74, 6) is -1.35. The molecule has 192 valence electrons. The Kier molecular flexibility index (Phi) is 7.57. The highest BCUT2D eigenvalue weighted by Crippen LogP contribution is 2.55. The van der Waals surface area contributed by atoms with Crippen LogP contribution in [0.3, 0.4) is 0 Å². The predicted octanol–water partition coefficient (Wildman–Crippen LogP) is 5.65. The molecule has 0 amide bonds. The fourth-order valence-electron chi connectivity index (χ4n) is 4.24. The van der Waals surface area contributed by atoms with Gasteiger partial charge in [0, 0.05) is 36.1 Å². The number of hydrogen-bond acceptors (Lipinski definition) is 5. The van der Waals surface area contributed by atoms with E-state index in [1.54, 1.807) is 32.2 Å². The van der Waals surface area contributed by atoms with E-state index in [0.717, 1.165) is 24.4 Å². The van der Waals surface area contributed by atoms with Crippen LogP contribution >= 0.6 is 11.6 Å². The number of aliphatic imine (C=N–C) groups is 1. The van der Waals surface area contributed by atoms with E-state index in [-0.39, 0.29) is 28.1 Å². The van der Waals surface area contributed by atoms with Gasteiger partial charge in [-0.2, -0.15) is 0 Å². The SMILES string of the molecule is C/C=C/N=C(/C=C/n1c(C)cc(C2CC2c2cncc(F)c2)c(Cl)c1=O)c1cccc(S(C)(=O)=O)c1F. The second-order valence-electron chi connectivity index (χ2n) is 8.82. The summed E-state index contributed by atoms with van der Waals surface area (Å²) in [6.07, 6.45) is 10.3. The number of nitrogens with zero attached hydrogens (tertiary/aromatic N) is 3. The first-order chi connectivity index (χ1) is 17.5. The number of aromatic nitrogens is 2. The van der Waals surface area contributed by atoms with Crippen LogP contribution in [0.25, 0.3) is 6.20 Å². The second kappa shape index (κ2) is 10.5. The summed E-state index contributed by atoms with van der Waals surface area (Å²) in [5.41, 5.74) is 1.64. The number of pyridine rings is 2. The maximum atomic E-state index is 15.1. The van der Waals surface area contributed by atoms with E-state index in [1.807, 2.05) is 0 Å². The highest BCUT2D eigenvalue weighted by Gasteiger charge is 2.41. The maximum absolute atomic E-state index is 15.1. The number of rotatable bonds is 7. The molecule has 2 atom stereocenters. The largest absolute Gasteiger partial charge is 0.287 e. The molecule has 37 heavy (non-hydrogen) atoms. The minimum Gasteiger partial charge on any atom is -0.287 e. The lowest BCUT2D eigenvalue weighted by Gasteiger charge is -2.11. The molecule has 0 radical (unpaired) electrons. The van der Waals surface area contributed by atoms with Crippen LogP contribution in [-0.4, -0.2) is 29.9 Å². The van der Waals surface area contributed by atoms with Crippen LogP contribution in [0.15, 0.2) is 75.8 Å². The van der Waals surface area contributed by atoms with Crippen molar-refractivity contribution in [2.75, 3.05) is 6.26 Å². The number of halogens is 3. The van der Waals surface area contributed by atoms with E-state index in [0.29, 0.717) is 11.3 Å². The van der Waals surface area contributed by atoms with Gasteiger partial charge in [-0.15, -0.1) is 0 Å². The highest BCUT2D eigenvalue weighted by molar-refractivity contribution is 7.90. The van der Waals surface area contributed by atoms with Crippen LogP contribution in [0.5, 0.6) is 0 Å². The molecule has 6 nitrogen and oxygen atoms in total. The molecule has 10 heteroatoms. The van der Waals surface area contributed by atoms with Gasteiger partial charge in [0.2, 0.25) is 0 Å². The van der Waals surface area contributed by atoms with Crippen molar-refractivity contribution in [1.29, 1.82) is 0 Å². The summed E-state index contributed by atoms with van der Waals surface area (Å²) in [4.78, 5) is 20.8. The van der Waals surface area contributed by atoms with Crippen molar-refractivity contribution in [2.45, 2.75) is 37.0 Å². The van der Waals surface area contributed by atoms with Crippen LogP contribution in [0.1, 0.15) is 47.6 Å². The molecule has 0 saturated heterocycles. The van der Waals surface area contributed by atoms with Gasteiger partial charge in [-0.1, -0.05) is 23.7 Å². The van der Waals surface area contributed by atoms with Gasteiger partial charge in [0.15, 0.2) is 15.7 Å². The first-order valence-corrected chi connectivity index (χ1v) is 13.7. The van der Waals surface area contributed by atoms with Gasteiger partial charge in [-0.3, -0.25) is 19.3 Å². The Balaban J connectivity index is 1.70. The molecule has 0 bridgehead atoms. The van der Waals surface area contributed by atoms with Gasteiger partial charge in [0.05, 0.1) is 11.9 Å². The van der Waals surface area contributed by atoms with Crippen LogP contribution in [-0.2, 0) is 9.84 Å². The minimum atomic E-state index is -3.80. The van der Waals surface area contributed by atoms with Gasteiger partial charge in [0.25, 0.3) is 5.56 Å². The van der Waals surface area contributed by atoms with Gasteiger partial charge in [-0.05, 0) is 73.6 Å². The Morgan fingerprint density at radius 3 is 2.65 bits per heavy atom. The molecular formula is C27H24ClF2N3O3S. The summed E-state index contributed by atoms with van der Waals surface area (Å²) < 4.78 is 54.0. The molecular weight excluding hydrogens is 520 g/mol. The zero-order chi connectivity index (χ0) is 26.9. The molecule has 1 fully saturated rings. The summed E-state index contributed by atoms with van der Waals surface area (Å²) in [5, 5.41) is 0.0457. The normalized spacial score (nSPS) is 18.2. The van der Waals surface area contributed by atoms with E-state index < -0.39 is 31.9 Å².